The molecule has 23 heavy (non-hydrogen) atoms. The highest BCUT2D eigenvalue weighted by Gasteiger charge is 2.32. The number of carbonyl (C=O) groups excluding carboxylic acids is 2. The molecule has 3 aliphatic heterocycles. The minimum Gasteiger partial charge on any atom is -0.342 e. The van der Waals surface area contributed by atoms with E-state index in [-0.39, 0.29) is 24.7 Å². The molecule has 0 aromatic rings. The maximum Gasteiger partial charge on any atom is 0.249 e. The van der Waals surface area contributed by atoms with E-state index in [0.29, 0.717) is 12.5 Å². The molecule has 3 rings (SSSR count). The summed E-state index contributed by atoms with van der Waals surface area (Å²) in [5, 5.41) is 8.54. The fourth-order valence-corrected chi connectivity index (χ4v) is 2.86. The van der Waals surface area contributed by atoms with Crippen LogP contribution in [0, 0.1) is 0 Å². The Bertz CT molecular complexity index is 527. The lowest BCUT2D eigenvalue weighted by molar-refractivity contribution is -0.134. The number of amides is 2. The van der Waals surface area contributed by atoms with Gasteiger partial charge in [0.1, 0.15) is 5.84 Å². The van der Waals surface area contributed by atoms with Crippen LogP contribution in [0.4, 0.5) is 0 Å². The van der Waals surface area contributed by atoms with Crippen LogP contribution in [0.2, 0.25) is 0 Å². The summed E-state index contributed by atoms with van der Waals surface area (Å²) >= 11 is 0. The molecule has 1 saturated heterocycles. The summed E-state index contributed by atoms with van der Waals surface area (Å²) in [6.07, 6.45) is 5.06. The fraction of sp³-hybridized carbons (Fsp3) is 0.714. The Morgan fingerprint density at radius 2 is 2.22 bits per heavy atom. The van der Waals surface area contributed by atoms with Gasteiger partial charge in [-0.2, -0.15) is 0 Å². The van der Waals surface area contributed by atoms with Crippen LogP contribution in [0.1, 0.15) is 32.1 Å². The lowest BCUT2D eigenvalue weighted by atomic mass is 10.2. The number of piperidine rings is 1. The summed E-state index contributed by atoms with van der Waals surface area (Å²) in [4.78, 5) is 32.1. The Hall–Kier alpha value is -2.00. The normalized spacial score (nSPS) is 24.4. The second-order valence-electron chi connectivity index (χ2n) is 5.94. The zero-order valence-electron chi connectivity index (χ0n) is 13.4. The monoisotopic (exact) mass is 321 g/mol. The molecule has 0 spiro atoms. The highest BCUT2D eigenvalue weighted by Crippen LogP contribution is 2.14. The highest BCUT2D eigenvalue weighted by molar-refractivity contribution is 6.02. The average molecular weight is 321 g/mol. The van der Waals surface area contributed by atoms with Crippen molar-refractivity contribution < 1.29 is 9.59 Å². The number of aliphatic imine (C=N–C) groups is 2. The summed E-state index contributed by atoms with van der Waals surface area (Å²) in [5.74, 6) is 0.255. The topological polar surface area (TPSA) is 92.6 Å². The van der Waals surface area contributed by atoms with Crippen LogP contribution in [0.25, 0.3) is 0 Å². The third-order valence-electron chi connectivity index (χ3n) is 4.17. The van der Waals surface area contributed by atoms with Crippen LogP contribution >= 0.6 is 0 Å². The highest BCUT2D eigenvalue weighted by atomic mass is 16.2. The molecule has 0 aliphatic carbocycles. The van der Waals surface area contributed by atoms with Crippen LogP contribution in [0.3, 0.4) is 0 Å². The van der Waals surface area contributed by atoms with Crippen LogP contribution in [-0.4, -0.2) is 72.0 Å². The van der Waals surface area contributed by atoms with Gasteiger partial charge in [0.05, 0.1) is 19.5 Å². The van der Waals surface area contributed by atoms with Gasteiger partial charge in [-0.1, -0.05) is 6.42 Å². The SMILES string of the molecule is CN(CNC(=O)CC1=NC2N=CCC(=O)N2N1)N1CCCCC1. The number of nitrogens with zero attached hydrogens (tertiary/aromatic N) is 5. The van der Waals surface area contributed by atoms with Crippen molar-refractivity contribution in [3.8, 4) is 0 Å². The maximum atomic E-state index is 12.1. The molecule has 126 valence electrons. The molecule has 3 heterocycles. The number of hydrogen-bond acceptors (Lipinski definition) is 7. The minimum atomic E-state index is -0.560. The average Bonchev–Trinajstić information content (AvgIpc) is 2.97. The maximum absolute atomic E-state index is 12.1. The molecule has 9 heteroatoms. The van der Waals surface area contributed by atoms with E-state index >= 15 is 0 Å². The first-order valence-electron chi connectivity index (χ1n) is 8.03. The van der Waals surface area contributed by atoms with Gasteiger partial charge in [-0.3, -0.25) is 15.0 Å². The number of rotatable bonds is 5. The fourth-order valence-electron chi connectivity index (χ4n) is 2.86. The van der Waals surface area contributed by atoms with Gasteiger partial charge in [-0.25, -0.2) is 25.0 Å². The van der Waals surface area contributed by atoms with E-state index in [4.69, 9.17) is 0 Å². The van der Waals surface area contributed by atoms with E-state index in [0.717, 1.165) is 13.1 Å². The second kappa shape index (κ2) is 7.05. The summed E-state index contributed by atoms with van der Waals surface area (Å²) in [6, 6.07) is 0. The lowest BCUT2D eigenvalue weighted by Gasteiger charge is -2.34. The molecule has 0 saturated carbocycles. The van der Waals surface area contributed by atoms with E-state index in [9.17, 15) is 9.59 Å². The van der Waals surface area contributed by atoms with Crippen LogP contribution in [-0.2, 0) is 9.59 Å². The molecule has 9 nitrogen and oxygen atoms in total. The van der Waals surface area contributed by atoms with Crippen molar-refractivity contribution in [1.82, 2.24) is 25.8 Å². The van der Waals surface area contributed by atoms with Crippen molar-refractivity contribution in [3.05, 3.63) is 0 Å². The second-order valence-corrected chi connectivity index (χ2v) is 5.94. The Morgan fingerprint density at radius 1 is 1.43 bits per heavy atom. The van der Waals surface area contributed by atoms with E-state index in [2.05, 4.69) is 25.7 Å². The summed E-state index contributed by atoms with van der Waals surface area (Å²) in [5.41, 5.74) is 2.86. The van der Waals surface area contributed by atoms with Gasteiger partial charge in [-0.05, 0) is 12.8 Å². The Kier molecular flexibility index (Phi) is 4.87. The van der Waals surface area contributed by atoms with Gasteiger partial charge in [0, 0.05) is 26.4 Å². The predicted octanol–water partition coefficient (Wildman–Crippen LogP) is -0.714. The van der Waals surface area contributed by atoms with Gasteiger partial charge in [0.2, 0.25) is 18.1 Å². The third-order valence-corrected chi connectivity index (χ3v) is 4.17. The number of hydrazine groups is 2. The summed E-state index contributed by atoms with van der Waals surface area (Å²) < 4.78 is 0. The first-order chi connectivity index (χ1) is 11.1. The Labute approximate surface area is 135 Å². The van der Waals surface area contributed by atoms with Gasteiger partial charge < -0.3 is 5.32 Å². The standard InChI is InChI=1S/C14H23N7O2/c1-19(20-7-3-2-4-8-20)10-16-12(22)9-11-17-14-15-6-5-13(23)21(14)18-11/h6,14H,2-5,7-10H2,1H3,(H,16,22)(H,17,18). The van der Waals surface area contributed by atoms with Crippen LogP contribution < -0.4 is 10.7 Å². The Morgan fingerprint density at radius 3 is 2.96 bits per heavy atom. The number of carbonyl (C=O) groups is 2. The van der Waals surface area contributed by atoms with Crippen molar-refractivity contribution in [1.29, 1.82) is 0 Å². The van der Waals surface area contributed by atoms with E-state index in [1.807, 2.05) is 12.1 Å². The van der Waals surface area contributed by atoms with Crippen molar-refractivity contribution in [2.24, 2.45) is 9.98 Å². The molecular weight excluding hydrogens is 298 g/mol. The third kappa shape index (κ3) is 3.85. The molecule has 1 unspecified atom stereocenters. The van der Waals surface area contributed by atoms with Crippen LogP contribution in [0.15, 0.2) is 9.98 Å². The molecule has 2 amide bonds. The number of nitrogens with one attached hydrogen (secondary N) is 2. The predicted molar refractivity (Wildman–Crippen MR) is 85.1 cm³/mol. The quantitative estimate of drug-likeness (QED) is 0.652. The molecule has 0 aromatic heterocycles. The molecule has 2 N–H and O–H groups in total. The zero-order chi connectivity index (χ0) is 16.2. The Balaban J connectivity index is 1.43. The molecule has 1 atom stereocenters. The lowest BCUT2D eigenvalue weighted by Crippen LogP contribution is -2.49. The van der Waals surface area contributed by atoms with Crippen molar-refractivity contribution in [2.75, 3.05) is 26.8 Å². The van der Waals surface area contributed by atoms with Gasteiger partial charge in [-0.15, -0.1) is 0 Å². The zero-order valence-corrected chi connectivity index (χ0v) is 13.4. The summed E-state index contributed by atoms with van der Waals surface area (Å²) in [6.45, 7) is 2.55. The van der Waals surface area contributed by atoms with E-state index in [1.54, 1.807) is 6.21 Å². The van der Waals surface area contributed by atoms with E-state index < -0.39 is 6.29 Å². The largest absolute Gasteiger partial charge is 0.342 e. The minimum absolute atomic E-state index is 0.0889. The molecule has 0 radical (unpaired) electrons. The smallest absolute Gasteiger partial charge is 0.249 e. The molecule has 3 aliphatic rings. The van der Waals surface area contributed by atoms with Crippen molar-refractivity contribution in [2.45, 2.75) is 38.4 Å². The molecule has 0 aromatic carbocycles. The van der Waals surface area contributed by atoms with Crippen molar-refractivity contribution in [3.63, 3.8) is 0 Å². The molecule has 0 bridgehead atoms. The van der Waals surface area contributed by atoms with Gasteiger partial charge in [0.25, 0.3) is 0 Å². The number of hydrogen-bond donors (Lipinski definition) is 2. The van der Waals surface area contributed by atoms with Crippen LogP contribution in [0.5, 0.6) is 0 Å². The number of fused-ring (bicyclic) bond motifs is 1. The van der Waals surface area contributed by atoms with Gasteiger partial charge >= 0.3 is 0 Å². The first kappa shape index (κ1) is 15.9. The number of amidine groups is 1. The summed E-state index contributed by atoms with van der Waals surface area (Å²) in [7, 11) is 1.98. The van der Waals surface area contributed by atoms with E-state index in [1.165, 1.54) is 24.3 Å². The molecule has 1 fully saturated rings. The van der Waals surface area contributed by atoms with Crippen molar-refractivity contribution >= 4 is 23.9 Å². The molecular formula is C14H23N7O2. The van der Waals surface area contributed by atoms with Gasteiger partial charge in [0.15, 0.2) is 0 Å². The first-order valence-corrected chi connectivity index (χ1v) is 8.03.